The number of hydrogen-bond donors (Lipinski definition) is 2. The number of hydrogen-bond acceptors (Lipinski definition) is 2. The normalized spacial score (nSPS) is 10.9. The number of carbonyl (C=O) groups excluding carboxylic acids is 1. The van der Waals surface area contributed by atoms with Gasteiger partial charge < -0.3 is 10.6 Å². The predicted octanol–water partition coefficient (Wildman–Crippen LogP) is 5.19. The Balaban J connectivity index is 3.08. The second kappa shape index (κ2) is 19.5. The van der Waals surface area contributed by atoms with Crippen molar-refractivity contribution in [2.24, 2.45) is 0 Å². The Morgan fingerprint density at radius 2 is 1.13 bits per heavy atom. The van der Waals surface area contributed by atoms with E-state index in [1.165, 1.54) is 77.0 Å². The molecule has 0 heterocycles. The molecule has 1 amide bonds. The van der Waals surface area contributed by atoms with Crippen molar-refractivity contribution in [2.75, 3.05) is 20.1 Å². The van der Waals surface area contributed by atoms with E-state index in [1.807, 2.05) is 7.05 Å². The Kier molecular flexibility index (Phi) is 19.0. The fourth-order valence-electron chi connectivity index (χ4n) is 2.88. The summed E-state index contributed by atoms with van der Waals surface area (Å²) in [5.41, 5.74) is 0. The van der Waals surface area contributed by atoms with Crippen LogP contribution in [0.4, 0.5) is 0 Å². The van der Waals surface area contributed by atoms with Gasteiger partial charge >= 0.3 is 0 Å². The maximum Gasteiger partial charge on any atom is 0.219 e. The molecule has 0 spiro atoms. The van der Waals surface area contributed by atoms with Gasteiger partial charge in [-0.1, -0.05) is 84.0 Å². The lowest BCUT2D eigenvalue weighted by Gasteiger charge is -2.05. The molecular weight excluding hydrogens is 284 g/mol. The van der Waals surface area contributed by atoms with Gasteiger partial charge in [0.1, 0.15) is 0 Å². The SMILES string of the molecule is CCCCCCCCCCCCCCCC(=O)NCCCNC. The highest BCUT2D eigenvalue weighted by Crippen LogP contribution is 2.12. The van der Waals surface area contributed by atoms with Crippen molar-refractivity contribution in [3.05, 3.63) is 0 Å². The first-order valence-corrected chi connectivity index (χ1v) is 10.2. The largest absolute Gasteiger partial charge is 0.356 e. The van der Waals surface area contributed by atoms with Crippen LogP contribution in [0.5, 0.6) is 0 Å². The molecule has 3 heteroatoms. The molecule has 0 unspecified atom stereocenters. The van der Waals surface area contributed by atoms with E-state index in [0.717, 1.165) is 25.9 Å². The molecule has 3 nitrogen and oxygen atoms in total. The third kappa shape index (κ3) is 19.4. The lowest BCUT2D eigenvalue weighted by molar-refractivity contribution is -0.121. The molecule has 0 aromatic heterocycles. The first-order chi connectivity index (χ1) is 11.3. The van der Waals surface area contributed by atoms with Crippen LogP contribution in [0, 0.1) is 0 Å². The van der Waals surface area contributed by atoms with Crippen LogP contribution in [0.25, 0.3) is 0 Å². The van der Waals surface area contributed by atoms with E-state index in [4.69, 9.17) is 0 Å². The van der Waals surface area contributed by atoms with Gasteiger partial charge in [0, 0.05) is 13.0 Å². The Bertz CT molecular complexity index is 244. The summed E-state index contributed by atoms with van der Waals surface area (Å²) in [4.78, 5) is 11.6. The predicted molar refractivity (Wildman–Crippen MR) is 102 cm³/mol. The molecule has 0 aliphatic carbocycles. The summed E-state index contributed by atoms with van der Waals surface area (Å²) in [7, 11) is 1.94. The highest BCUT2D eigenvalue weighted by molar-refractivity contribution is 5.75. The number of rotatable bonds is 18. The molecule has 0 bridgehead atoms. The standard InChI is InChI=1S/C20H42N2O/c1-3-4-5-6-7-8-9-10-11-12-13-14-15-17-20(23)22-19-16-18-21-2/h21H,3-19H2,1-2H3,(H,22,23). The molecule has 2 N–H and O–H groups in total. The molecule has 23 heavy (non-hydrogen) atoms. The Morgan fingerprint density at radius 3 is 1.61 bits per heavy atom. The van der Waals surface area contributed by atoms with Gasteiger partial charge in [-0.05, 0) is 26.4 Å². The summed E-state index contributed by atoms with van der Waals surface area (Å²) >= 11 is 0. The second-order valence-corrected chi connectivity index (χ2v) is 6.80. The van der Waals surface area contributed by atoms with E-state index in [2.05, 4.69) is 17.6 Å². The summed E-state index contributed by atoms with van der Waals surface area (Å²) in [5, 5.41) is 6.07. The highest BCUT2D eigenvalue weighted by atomic mass is 16.1. The Labute approximate surface area is 145 Å². The molecule has 0 aromatic rings. The molecule has 0 radical (unpaired) electrons. The zero-order valence-corrected chi connectivity index (χ0v) is 15.9. The average Bonchev–Trinajstić information content (AvgIpc) is 2.56. The number of amides is 1. The van der Waals surface area contributed by atoms with Crippen molar-refractivity contribution in [3.8, 4) is 0 Å². The summed E-state index contributed by atoms with van der Waals surface area (Å²) in [6.07, 6.45) is 19.3. The second-order valence-electron chi connectivity index (χ2n) is 6.80. The van der Waals surface area contributed by atoms with Crippen LogP contribution in [0.15, 0.2) is 0 Å². The monoisotopic (exact) mass is 326 g/mol. The molecule has 0 rings (SSSR count). The van der Waals surface area contributed by atoms with Crippen LogP contribution in [0.2, 0.25) is 0 Å². The van der Waals surface area contributed by atoms with Crippen LogP contribution >= 0.6 is 0 Å². The Hall–Kier alpha value is -0.570. The number of nitrogens with one attached hydrogen (secondary N) is 2. The van der Waals surface area contributed by atoms with Gasteiger partial charge in [-0.2, -0.15) is 0 Å². The van der Waals surface area contributed by atoms with Crippen LogP contribution in [0.1, 0.15) is 103 Å². The number of unbranched alkanes of at least 4 members (excludes halogenated alkanes) is 12. The highest BCUT2D eigenvalue weighted by Gasteiger charge is 2.00. The van der Waals surface area contributed by atoms with Crippen LogP contribution in [0.3, 0.4) is 0 Å². The minimum atomic E-state index is 0.226. The van der Waals surface area contributed by atoms with Gasteiger partial charge in [0.25, 0.3) is 0 Å². The zero-order valence-electron chi connectivity index (χ0n) is 15.9. The van der Waals surface area contributed by atoms with Crippen molar-refractivity contribution in [1.29, 1.82) is 0 Å². The van der Waals surface area contributed by atoms with Crippen molar-refractivity contribution in [1.82, 2.24) is 10.6 Å². The first-order valence-electron chi connectivity index (χ1n) is 10.2. The van der Waals surface area contributed by atoms with E-state index in [9.17, 15) is 4.79 Å². The van der Waals surface area contributed by atoms with E-state index >= 15 is 0 Å². The lowest BCUT2D eigenvalue weighted by atomic mass is 10.0. The summed E-state index contributed by atoms with van der Waals surface area (Å²) in [6, 6.07) is 0. The fourth-order valence-corrected chi connectivity index (χ4v) is 2.88. The summed E-state index contributed by atoms with van der Waals surface area (Å²) in [5.74, 6) is 0.226. The van der Waals surface area contributed by atoms with Gasteiger partial charge in [-0.15, -0.1) is 0 Å². The maximum atomic E-state index is 11.6. The fraction of sp³-hybridized carbons (Fsp3) is 0.950. The van der Waals surface area contributed by atoms with Gasteiger partial charge in [-0.3, -0.25) is 4.79 Å². The maximum absolute atomic E-state index is 11.6. The zero-order chi connectivity index (χ0) is 17.0. The van der Waals surface area contributed by atoms with Crippen molar-refractivity contribution in [3.63, 3.8) is 0 Å². The van der Waals surface area contributed by atoms with Gasteiger partial charge in [0.05, 0.1) is 0 Å². The molecular formula is C20H42N2O. The molecule has 0 aliphatic rings. The van der Waals surface area contributed by atoms with Crippen LogP contribution in [-0.4, -0.2) is 26.0 Å². The Morgan fingerprint density at radius 1 is 0.652 bits per heavy atom. The van der Waals surface area contributed by atoms with Crippen LogP contribution < -0.4 is 10.6 Å². The number of carbonyl (C=O) groups is 1. The average molecular weight is 327 g/mol. The van der Waals surface area contributed by atoms with E-state index in [0.29, 0.717) is 6.42 Å². The molecule has 0 saturated carbocycles. The third-order valence-corrected chi connectivity index (χ3v) is 4.43. The van der Waals surface area contributed by atoms with E-state index in [1.54, 1.807) is 0 Å². The van der Waals surface area contributed by atoms with E-state index in [-0.39, 0.29) is 5.91 Å². The minimum absolute atomic E-state index is 0.226. The van der Waals surface area contributed by atoms with Crippen molar-refractivity contribution < 1.29 is 4.79 Å². The van der Waals surface area contributed by atoms with Crippen molar-refractivity contribution in [2.45, 2.75) is 103 Å². The lowest BCUT2D eigenvalue weighted by Crippen LogP contribution is -2.26. The molecule has 138 valence electrons. The molecule has 0 atom stereocenters. The summed E-state index contributed by atoms with van der Waals surface area (Å²) in [6.45, 7) is 4.05. The topological polar surface area (TPSA) is 41.1 Å². The van der Waals surface area contributed by atoms with Crippen molar-refractivity contribution >= 4 is 5.91 Å². The molecule has 0 aromatic carbocycles. The smallest absolute Gasteiger partial charge is 0.219 e. The van der Waals surface area contributed by atoms with Gasteiger partial charge in [-0.25, -0.2) is 0 Å². The van der Waals surface area contributed by atoms with E-state index < -0.39 is 0 Å². The molecule has 0 saturated heterocycles. The van der Waals surface area contributed by atoms with Gasteiger partial charge in [0.15, 0.2) is 0 Å². The first kappa shape index (κ1) is 22.4. The molecule has 0 aliphatic heterocycles. The van der Waals surface area contributed by atoms with Crippen LogP contribution in [-0.2, 0) is 4.79 Å². The summed E-state index contributed by atoms with van der Waals surface area (Å²) < 4.78 is 0. The van der Waals surface area contributed by atoms with Gasteiger partial charge in [0.2, 0.25) is 5.91 Å². The third-order valence-electron chi connectivity index (χ3n) is 4.43. The quantitative estimate of drug-likeness (QED) is 0.340. The minimum Gasteiger partial charge on any atom is -0.356 e. The molecule has 0 fully saturated rings.